The maximum Gasteiger partial charge on any atom is 0.338 e. The fourth-order valence-corrected chi connectivity index (χ4v) is 1.24. The first-order valence-corrected chi connectivity index (χ1v) is 4.23. The summed E-state index contributed by atoms with van der Waals surface area (Å²) < 4.78 is 4.46. The van der Waals surface area contributed by atoms with Crippen LogP contribution in [0.25, 0.3) is 0 Å². The van der Waals surface area contributed by atoms with E-state index in [1.54, 1.807) is 6.92 Å². The number of methoxy groups -OCH3 is 1. The molecule has 1 rings (SSSR count). The highest BCUT2D eigenvalue weighted by Crippen LogP contribution is 2.29. The van der Waals surface area contributed by atoms with Crippen molar-refractivity contribution in [1.29, 1.82) is 0 Å². The van der Waals surface area contributed by atoms with Gasteiger partial charge in [-0.05, 0) is 18.6 Å². The van der Waals surface area contributed by atoms with E-state index in [9.17, 15) is 15.0 Å². The molecule has 0 aliphatic rings. The molecule has 0 heterocycles. The van der Waals surface area contributed by atoms with Gasteiger partial charge < -0.3 is 14.9 Å². The van der Waals surface area contributed by atoms with Gasteiger partial charge >= 0.3 is 5.97 Å². The molecule has 0 spiro atoms. The number of carbonyl (C=O) groups excluding carboxylic acids is 1. The molecule has 0 aliphatic heterocycles. The van der Waals surface area contributed by atoms with E-state index in [-0.39, 0.29) is 17.1 Å². The van der Waals surface area contributed by atoms with Crippen LogP contribution in [0.4, 0.5) is 0 Å². The molecule has 0 fully saturated rings. The van der Waals surface area contributed by atoms with Crippen molar-refractivity contribution in [2.24, 2.45) is 0 Å². The largest absolute Gasteiger partial charge is 0.508 e. The molecule has 0 aliphatic carbocycles. The van der Waals surface area contributed by atoms with Crippen molar-refractivity contribution in [2.45, 2.75) is 13.3 Å². The molecule has 0 aromatic heterocycles. The smallest absolute Gasteiger partial charge is 0.338 e. The molecule has 2 N–H and O–H groups in total. The van der Waals surface area contributed by atoms with Gasteiger partial charge in [-0.15, -0.1) is 0 Å². The fraction of sp³-hybridized carbons (Fsp3) is 0.300. The molecule has 1 aromatic carbocycles. The summed E-state index contributed by atoms with van der Waals surface area (Å²) in [6.07, 6.45) is 0.499. The van der Waals surface area contributed by atoms with Crippen LogP contribution in [-0.4, -0.2) is 23.3 Å². The Kier molecular flexibility index (Phi) is 2.96. The van der Waals surface area contributed by atoms with Crippen molar-refractivity contribution in [3.05, 3.63) is 23.3 Å². The molecule has 0 saturated carbocycles. The third-order valence-electron chi connectivity index (χ3n) is 1.98. The van der Waals surface area contributed by atoms with Gasteiger partial charge in [-0.1, -0.05) is 6.92 Å². The standard InChI is InChI=1S/C10H12O4/c1-3-7-8(11)4-6(5-9(7)12)10(13)14-2/h4-5,11-12H,3H2,1-2H3. The lowest BCUT2D eigenvalue weighted by molar-refractivity contribution is 0.0599. The predicted molar refractivity (Wildman–Crippen MR) is 50.5 cm³/mol. The van der Waals surface area contributed by atoms with Crippen LogP contribution < -0.4 is 0 Å². The van der Waals surface area contributed by atoms with Gasteiger partial charge in [-0.25, -0.2) is 4.79 Å². The molecule has 14 heavy (non-hydrogen) atoms. The lowest BCUT2D eigenvalue weighted by Crippen LogP contribution is -2.01. The highest BCUT2D eigenvalue weighted by molar-refractivity contribution is 5.90. The summed E-state index contributed by atoms with van der Waals surface area (Å²) in [5.74, 6) is -0.765. The second kappa shape index (κ2) is 4.00. The Balaban J connectivity index is 3.20. The summed E-state index contributed by atoms with van der Waals surface area (Å²) in [5.41, 5.74) is 0.567. The summed E-state index contributed by atoms with van der Waals surface area (Å²) >= 11 is 0. The van der Waals surface area contributed by atoms with Crippen molar-refractivity contribution in [2.75, 3.05) is 7.11 Å². The summed E-state index contributed by atoms with van der Waals surface area (Å²) in [4.78, 5) is 11.1. The number of hydrogen-bond donors (Lipinski definition) is 2. The van der Waals surface area contributed by atoms with Crippen LogP contribution in [0.3, 0.4) is 0 Å². The SMILES string of the molecule is CCc1c(O)cc(C(=O)OC)cc1O. The Labute approximate surface area is 81.8 Å². The van der Waals surface area contributed by atoms with Gasteiger partial charge in [-0.2, -0.15) is 0 Å². The number of phenolic OH excluding ortho intramolecular Hbond substituents is 2. The van der Waals surface area contributed by atoms with E-state index in [1.807, 2.05) is 0 Å². The Hall–Kier alpha value is -1.71. The predicted octanol–water partition coefficient (Wildman–Crippen LogP) is 1.45. The topological polar surface area (TPSA) is 66.8 Å². The number of hydrogen-bond acceptors (Lipinski definition) is 4. The molecule has 0 radical (unpaired) electrons. The Morgan fingerprint density at radius 1 is 1.36 bits per heavy atom. The number of rotatable bonds is 2. The van der Waals surface area contributed by atoms with E-state index < -0.39 is 5.97 Å². The van der Waals surface area contributed by atoms with Crippen molar-refractivity contribution in [3.8, 4) is 11.5 Å². The zero-order chi connectivity index (χ0) is 10.7. The Morgan fingerprint density at radius 2 is 1.86 bits per heavy atom. The first kappa shape index (κ1) is 10.4. The van der Waals surface area contributed by atoms with E-state index >= 15 is 0 Å². The van der Waals surface area contributed by atoms with E-state index in [0.717, 1.165) is 0 Å². The van der Waals surface area contributed by atoms with E-state index in [2.05, 4.69) is 4.74 Å². The molecule has 0 atom stereocenters. The molecule has 0 unspecified atom stereocenters. The van der Waals surface area contributed by atoms with Gasteiger partial charge in [0.05, 0.1) is 12.7 Å². The summed E-state index contributed by atoms with van der Waals surface area (Å²) in [7, 11) is 1.24. The highest BCUT2D eigenvalue weighted by atomic mass is 16.5. The molecular weight excluding hydrogens is 184 g/mol. The van der Waals surface area contributed by atoms with Gasteiger partial charge in [0.15, 0.2) is 0 Å². The lowest BCUT2D eigenvalue weighted by Gasteiger charge is -2.06. The van der Waals surface area contributed by atoms with Gasteiger partial charge in [0, 0.05) is 5.56 Å². The van der Waals surface area contributed by atoms with Crippen molar-refractivity contribution >= 4 is 5.97 Å². The minimum atomic E-state index is -0.585. The van der Waals surface area contributed by atoms with E-state index in [4.69, 9.17) is 0 Å². The van der Waals surface area contributed by atoms with Crippen molar-refractivity contribution < 1.29 is 19.7 Å². The van der Waals surface area contributed by atoms with Crippen LogP contribution in [-0.2, 0) is 11.2 Å². The lowest BCUT2D eigenvalue weighted by atomic mass is 10.1. The molecular formula is C10H12O4. The van der Waals surface area contributed by atoms with Crippen LogP contribution >= 0.6 is 0 Å². The van der Waals surface area contributed by atoms with E-state index in [0.29, 0.717) is 12.0 Å². The molecule has 76 valence electrons. The average molecular weight is 196 g/mol. The maximum atomic E-state index is 11.1. The average Bonchev–Trinajstić information content (AvgIpc) is 2.16. The third-order valence-corrected chi connectivity index (χ3v) is 1.98. The van der Waals surface area contributed by atoms with Gasteiger partial charge in [0.1, 0.15) is 11.5 Å². The van der Waals surface area contributed by atoms with Crippen LogP contribution in [0, 0.1) is 0 Å². The number of benzene rings is 1. The number of phenols is 2. The minimum absolute atomic E-state index is 0.0899. The molecule has 4 heteroatoms. The van der Waals surface area contributed by atoms with Crippen LogP contribution in [0.5, 0.6) is 11.5 Å². The number of ether oxygens (including phenoxy) is 1. The Morgan fingerprint density at radius 3 is 2.21 bits per heavy atom. The molecule has 0 saturated heterocycles. The highest BCUT2D eigenvalue weighted by Gasteiger charge is 2.12. The Bertz CT molecular complexity index is 334. The van der Waals surface area contributed by atoms with Gasteiger partial charge in [0.25, 0.3) is 0 Å². The molecule has 4 nitrogen and oxygen atoms in total. The zero-order valence-corrected chi connectivity index (χ0v) is 8.07. The first-order valence-electron chi connectivity index (χ1n) is 4.23. The monoisotopic (exact) mass is 196 g/mol. The fourth-order valence-electron chi connectivity index (χ4n) is 1.24. The summed E-state index contributed by atoms with van der Waals surface area (Å²) in [6, 6.07) is 2.56. The van der Waals surface area contributed by atoms with E-state index in [1.165, 1.54) is 19.2 Å². The number of aromatic hydroxyl groups is 2. The van der Waals surface area contributed by atoms with Crippen LogP contribution in [0.15, 0.2) is 12.1 Å². The number of esters is 1. The van der Waals surface area contributed by atoms with Crippen LogP contribution in [0.1, 0.15) is 22.8 Å². The second-order valence-electron chi connectivity index (χ2n) is 2.84. The zero-order valence-electron chi connectivity index (χ0n) is 8.07. The third kappa shape index (κ3) is 1.79. The molecule has 1 aromatic rings. The molecule has 0 amide bonds. The molecule has 0 bridgehead atoms. The number of carbonyl (C=O) groups is 1. The minimum Gasteiger partial charge on any atom is -0.508 e. The normalized spacial score (nSPS) is 9.86. The van der Waals surface area contributed by atoms with Crippen molar-refractivity contribution in [1.82, 2.24) is 0 Å². The summed E-state index contributed by atoms with van der Waals surface area (Å²) in [6.45, 7) is 1.80. The first-order chi connectivity index (χ1) is 6.60. The maximum absolute atomic E-state index is 11.1. The quantitative estimate of drug-likeness (QED) is 0.702. The van der Waals surface area contributed by atoms with Gasteiger partial charge in [0.2, 0.25) is 0 Å². The second-order valence-corrected chi connectivity index (χ2v) is 2.84. The summed E-state index contributed by atoms with van der Waals surface area (Å²) in [5, 5.41) is 18.9. The van der Waals surface area contributed by atoms with Gasteiger partial charge in [-0.3, -0.25) is 0 Å². The van der Waals surface area contributed by atoms with Crippen molar-refractivity contribution in [3.63, 3.8) is 0 Å². The van der Waals surface area contributed by atoms with Crippen LogP contribution in [0.2, 0.25) is 0 Å².